The molecular formula is C3H7ClO2S. The second kappa shape index (κ2) is 3.41. The van der Waals surface area contributed by atoms with Gasteiger partial charge in [0.2, 0.25) is 0 Å². The largest absolute Gasteiger partial charge is 0.306 e. The molecule has 2 nitrogen and oxygen atoms in total. The molecule has 7 heavy (non-hydrogen) atoms. The number of alkyl halides is 1. The summed E-state index contributed by atoms with van der Waals surface area (Å²) in [6.45, 7) is 1.61. The Hall–Kier alpha value is 0.400. The molecule has 0 aliphatic carbocycles. The summed E-state index contributed by atoms with van der Waals surface area (Å²) in [6.07, 6.45) is 0. The lowest BCUT2D eigenvalue weighted by molar-refractivity contribution is 0.555. The molecule has 0 spiro atoms. The first-order valence-electron chi connectivity index (χ1n) is 1.84. The number of rotatable bonds is 2. The maximum absolute atomic E-state index is 9.96. The van der Waals surface area contributed by atoms with Gasteiger partial charge in [-0.05, 0) is 6.92 Å². The molecule has 1 N–H and O–H groups in total. The van der Waals surface area contributed by atoms with Crippen molar-refractivity contribution in [2.24, 2.45) is 0 Å². The molecule has 0 aliphatic heterocycles. The summed E-state index contributed by atoms with van der Waals surface area (Å²) in [7, 11) is 0. The first-order valence-corrected chi connectivity index (χ1v) is 3.54. The van der Waals surface area contributed by atoms with Gasteiger partial charge in [0.1, 0.15) is 0 Å². The minimum atomic E-state index is -1.74. The van der Waals surface area contributed by atoms with Gasteiger partial charge in [0.05, 0.1) is 5.25 Å². The zero-order valence-corrected chi connectivity index (χ0v) is 5.50. The Labute approximate surface area is 50.1 Å². The molecule has 0 saturated carbocycles. The van der Waals surface area contributed by atoms with Crippen LogP contribution in [-0.4, -0.2) is 19.9 Å². The topological polar surface area (TPSA) is 37.3 Å². The highest BCUT2D eigenvalue weighted by Gasteiger charge is 2.03. The smallest absolute Gasteiger partial charge is 0.156 e. The van der Waals surface area contributed by atoms with Crippen molar-refractivity contribution in [2.75, 3.05) is 5.88 Å². The first kappa shape index (κ1) is 7.40. The molecule has 0 bridgehead atoms. The van der Waals surface area contributed by atoms with Crippen LogP contribution in [0.2, 0.25) is 0 Å². The fourth-order valence-corrected chi connectivity index (χ4v) is 0.485. The molecule has 0 aromatic rings. The molecule has 4 heteroatoms. The van der Waals surface area contributed by atoms with Crippen LogP contribution in [-0.2, 0) is 11.1 Å². The van der Waals surface area contributed by atoms with Crippen LogP contribution in [0.5, 0.6) is 0 Å². The lowest BCUT2D eigenvalue weighted by Crippen LogP contribution is -2.10. The Kier molecular flexibility index (Phi) is 3.60. The SMILES string of the molecule is CC(CCl)S(=O)O. The summed E-state index contributed by atoms with van der Waals surface area (Å²) in [6, 6.07) is 0. The van der Waals surface area contributed by atoms with E-state index in [-0.39, 0.29) is 11.1 Å². The zero-order chi connectivity index (χ0) is 5.86. The van der Waals surface area contributed by atoms with Gasteiger partial charge in [0.25, 0.3) is 0 Å². The number of hydrogen-bond donors (Lipinski definition) is 1. The van der Waals surface area contributed by atoms with E-state index >= 15 is 0 Å². The van der Waals surface area contributed by atoms with Gasteiger partial charge in [0, 0.05) is 5.88 Å². The van der Waals surface area contributed by atoms with Crippen molar-refractivity contribution in [1.29, 1.82) is 0 Å². The third-order valence-electron chi connectivity index (χ3n) is 0.562. The lowest BCUT2D eigenvalue weighted by atomic mass is 10.6. The van der Waals surface area contributed by atoms with Crippen molar-refractivity contribution >= 4 is 22.7 Å². The van der Waals surface area contributed by atoms with Gasteiger partial charge >= 0.3 is 0 Å². The summed E-state index contributed by atoms with van der Waals surface area (Å²) in [5, 5.41) is -0.304. The summed E-state index contributed by atoms with van der Waals surface area (Å²) >= 11 is 3.45. The summed E-state index contributed by atoms with van der Waals surface area (Å²) in [4.78, 5) is 0. The van der Waals surface area contributed by atoms with Gasteiger partial charge in [-0.1, -0.05) is 0 Å². The van der Waals surface area contributed by atoms with E-state index in [0.29, 0.717) is 0 Å². The van der Waals surface area contributed by atoms with Crippen LogP contribution < -0.4 is 0 Å². The monoisotopic (exact) mass is 142 g/mol. The van der Waals surface area contributed by atoms with Gasteiger partial charge < -0.3 is 4.55 Å². The van der Waals surface area contributed by atoms with Crippen molar-refractivity contribution in [1.82, 2.24) is 0 Å². The summed E-state index contributed by atoms with van der Waals surface area (Å²) in [5.74, 6) is 0.239. The Morgan fingerprint density at radius 1 is 2.00 bits per heavy atom. The van der Waals surface area contributed by atoms with Crippen LogP contribution in [0.1, 0.15) is 6.92 Å². The van der Waals surface area contributed by atoms with Gasteiger partial charge in [-0.25, -0.2) is 4.21 Å². The highest BCUT2D eigenvalue weighted by molar-refractivity contribution is 7.79. The van der Waals surface area contributed by atoms with Gasteiger partial charge in [0.15, 0.2) is 11.1 Å². The van der Waals surface area contributed by atoms with E-state index in [1.165, 1.54) is 0 Å². The molecule has 44 valence electrons. The van der Waals surface area contributed by atoms with Gasteiger partial charge in [-0.15, -0.1) is 11.6 Å². The molecule has 2 unspecified atom stereocenters. The highest BCUT2D eigenvalue weighted by Crippen LogP contribution is 1.92. The molecule has 0 fully saturated rings. The van der Waals surface area contributed by atoms with Crippen molar-refractivity contribution in [3.8, 4) is 0 Å². The Morgan fingerprint density at radius 3 is 2.43 bits per heavy atom. The fraction of sp³-hybridized carbons (Fsp3) is 1.00. The predicted octanol–water partition coefficient (Wildman–Crippen LogP) is 0.835. The molecule has 0 aromatic carbocycles. The third-order valence-corrected chi connectivity index (χ3v) is 2.06. The molecular weight excluding hydrogens is 136 g/mol. The average molecular weight is 143 g/mol. The van der Waals surface area contributed by atoms with Crippen LogP contribution in [0.25, 0.3) is 0 Å². The van der Waals surface area contributed by atoms with E-state index in [9.17, 15) is 4.21 Å². The fourth-order valence-electron chi connectivity index (χ4n) is 0.0539. The molecule has 0 aromatic heterocycles. The second-order valence-corrected chi connectivity index (χ2v) is 2.91. The van der Waals surface area contributed by atoms with Crippen molar-refractivity contribution < 1.29 is 8.76 Å². The summed E-state index contributed by atoms with van der Waals surface area (Å²) in [5.41, 5.74) is 0. The van der Waals surface area contributed by atoms with Crippen LogP contribution in [0.4, 0.5) is 0 Å². The third kappa shape index (κ3) is 3.02. The van der Waals surface area contributed by atoms with Gasteiger partial charge in [-0.3, -0.25) is 0 Å². The predicted molar refractivity (Wildman–Crippen MR) is 31.0 cm³/mol. The molecule has 0 amide bonds. The van der Waals surface area contributed by atoms with Crippen molar-refractivity contribution in [3.63, 3.8) is 0 Å². The molecule has 0 radical (unpaired) electrons. The molecule has 0 saturated heterocycles. The minimum Gasteiger partial charge on any atom is -0.306 e. The van der Waals surface area contributed by atoms with E-state index in [2.05, 4.69) is 0 Å². The first-order chi connectivity index (χ1) is 3.18. The molecule has 0 heterocycles. The Morgan fingerprint density at radius 2 is 2.43 bits per heavy atom. The number of hydrogen-bond acceptors (Lipinski definition) is 1. The number of halogens is 1. The Bertz CT molecular complexity index is 75.3. The van der Waals surface area contributed by atoms with Crippen molar-refractivity contribution in [3.05, 3.63) is 0 Å². The molecule has 2 atom stereocenters. The molecule has 0 aliphatic rings. The zero-order valence-electron chi connectivity index (χ0n) is 3.93. The van der Waals surface area contributed by atoms with E-state index in [0.717, 1.165) is 0 Å². The Balaban J connectivity index is 3.34. The van der Waals surface area contributed by atoms with Gasteiger partial charge in [-0.2, -0.15) is 0 Å². The lowest BCUT2D eigenvalue weighted by Gasteiger charge is -1.96. The van der Waals surface area contributed by atoms with Crippen LogP contribution >= 0.6 is 11.6 Å². The standard InChI is InChI=1S/C3H7ClO2S/c1-3(2-4)7(5)6/h3H,2H2,1H3,(H,5,6). The maximum atomic E-state index is 9.96. The minimum absolute atomic E-state index is 0.239. The summed E-state index contributed by atoms with van der Waals surface area (Å²) < 4.78 is 18.2. The van der Waals surface area contributed by atoms with Crippen LogP contribution in [0.3, 0.4) is 0 Å². The van der Waals surface area contributed by atoms with Crippen molar-refractivity contribution in [2.45, 2.75) is 12.2 Å². The second-order valence-electron chi connectivity index (χ2n) is 1.24. The molecule has 0 rings (SSSR count). The van der Waals surface area contributed by atoms with E-state index in [4.69, 9.17) is 16.2 Å². The maximum Gasteiger partial charge on any atom is 0.156 e. The quantitative estimate of drug-likeness (QED) is 0.458. The van der Waals surface area contributed by atoms with E-state index in [1.807, 2.05) is 0 Å². The normalized spacial score (nSPS) is 18.7. The van der Waals surface area contributed by atoms with Crippen LogP contribution in [0.15, 0.2) is 0 Å². The van der Waals surface area contributed by atoms with Crippen LogP contribution in [0, 0.1) is 0 Å². The van der Waals surface area contributed by atoms with E-state index < -0.39 is 11.1 Å². The highest BCUT2D eigenvalue weighted by atomic mass is 35.5. The van der Waals surface area contributed by atoms with E-state index in [1.54, 1.807) is 6.92 Å². The average Bonchev–Trinajstić information content (AvgIpc) is 1.65.